The molecule has 0 unspecified atom stereocenters. The number of hydrogen-bond acceptors (Lipinski definition) is 8. The number of ketones is 2. The van der Waals surface area contributed by atoms with Gasteiger partial charge >= 0.3 is 0 Å². The Kier molecular flexibility index (Phi) is 9.37. The second kappa shape index (κ2) is 14.3. The molecule has 3 fully saturated rings. The van der Waals surface area contributed by atoms with E-state index in [0.29, 0.717) is 50.1 Å². The van der Waals surface area contributed by atoms with Crippen molar-refractivity contribution >= 4 is 72.2 Å². The number of benzene rings is 4. The van der Waals surface area contributed by atoms with Gasteiger partial charge in [0, 0.05) is 40.7 Å². The van der Waals surface area contributed by atoms with Crippen molar-refractivity contribution in [1.82, 2.24) is 0 Å². The van der Waals surface area contributed by atoms with Crippen molar-refractivity contribution in [2.24, 2.45) is 23.7 Å². The number of amides is 2. The molecular weight excluding hydrogens is 840 g/mol. The van der Waals surface area contributed by atoms with Gasteiger partial charge in [0.2, 0.25) is 11.8 Å². The number of nitrogens with zero attached hydrogens (tertiary/aromatic N) is 2. The third-order valence-corrected chi connectivity index (χ3v) is 14.7. The molecule has 2 amide bonds. The molecule has 11 heteroatoms. The number of Topliss-reactive ketones (excluding diaryl/α,β-unsaturated/α-hetero) is 1. The van der Waals surface area contributed by atoms with Crippen molar-refractivity contribution in [2.75, 3.05) is 43.2 Å². The molecule has 9 nitrogen and oxygen atoms in total. The molecule has 6 atom stereocenters. The lowest BCUT2D eigenvalue weighted by atomic mass is 9.44. The average Bonchev–Trinajstić information content (AvgIpc) is 3.50. The third-order valence-electron chi connectivity index (χ3n) is 12.6. The quantitative estimate of drug-likeness (QED) is 0.154. The summed E-state index contributed by atoms with van der Waals surface area (Å²) in [7, 11) is 1.46. The van der Waals surface area contributed by atoms with E-state index in [-0.39, 0.29) is 47.7 Å². The first kappa shape index (κ1) is 36.8. The predicted octanol–water partition coefficient (Wildman–Crippen LogP) is 7.79. The number of methoxy groups -OCH3 is 1. The number of phenols is 1. The Balaban J connectivity index is 1.22. The molecule has 0 spiro atoms. The van der Waals surface area contributed by atoms with Gasteiger partial charge in [-0.1, -0.05) is 72.3 Å². The van der Waals surface area contributed by atoms with Gasteiger partial charge < -0.3 is 19.5 Å². The maximum absolute atomic E-state index is 15.4. The molecule has 2 heterocycles. The molecule has 1 saturated carbocycles. The summed E-state index contributed by atoms with van der Waals surface area (Å²) in [6, 6.07) is 27.8. The summed E-state index contributed by atoms with van der Waals surface area (Å²) in [6.07, 6.45) is 4.00. The van der Waals surface area contributed by atoms with Crippen LogP contribution in [0.4, 0.5) is 11.4 Å². The van der Waals surface area contributed by atoms with E-state index in [1.54, 1.807) is 6.07 Å². The number of hydrogen-bond donors (Lipinski definition) is 1. The van der Waals surface area contributed by atoms with Gasteiger partial charge in [0.25, 0.3) is 0 Å². The summed E-state index contributed by atoms with van der Waals surface area (Å²) in [5, 5.41) is 11.1. The van der Waals surface area contributed by atoms with Gasteiger partial charge in [-0.15, -0.1) is 0 Å². The SMILES string of the molecule is COc1cc([C@H]2C3=CC[C@@H]4C(=O)N(c5ccc(N6CCOCC6)cc5)C(=O)[C@@H]4[C@@H]3C[C@H]3C(=O)C(c4ccccc4)=CC(=O)[C@@]23c2ccccc2)c(Br)c(Br)c1O. The van der Waals surface area contributed by atoms with E-state index >= 15 is 9.59 Å². The normalized spacial score (nSPS) is 27.3. The van der Waals surface area contributed by atoms with Crippen LogP contribution >= 0.6 is 31.9 Å². The van der Waals surface area contributed by atoms with Crippen molar-refractivity contribution in [3.63, 3.8) is 0 Å². The molecule has 284 valence electrons. The lowest BCUT2D eigenvalue weighted by molar-refractivity contribution is -0.135. The molecule has 0 aromatic heterocycles. The summed E-state index contributed by atoms with van der Waals surface area (Å²) in [6.45, 7) is 2.80. The van der Waals surface area contributed by atoms with Crippen molar-refractivity contribution < 1.29 is 33.8 Å². The van der Waals surface area contributed by atoms with E-state index in [4.69, 9.17) is 9.47 Å². The van der Waals surface area contributed by atoms with E-state index in [0.717, 1.165) is 24.4 Å². The lowest BCUT2D eigenvalue weighted by Gasteiger charge is -2.55. The number of carbonyl (C=O) groups excluding carboxylic acids is 4. The molecule has 2 aliphatic heterocycles. The van der Waals surface area contributed by atoms with Gasteiger partial charge in [-0.05, 0) is 104 Å². The number of morpholine rings is 1. The fourth-order valence-corrected chi connectivity index (χ4v) is 11.0. The number of anilines is 2. The van der Waals surface area contributed by atoms with Gasteiger partial charge in [-0.3, -0.25) is 24.1 Å². The van der Waals surface area contributed by atoms with Crippen LogP contribution in [0.25, 0.3) is 5.57 Å². The number of ether oxygens (including phenoxy) is 2. The zero-order valence-electron chi connectivity index (χ0n) is 30.5. The average molecular weight is 879 g/mol. The van der Waals surface area contributed by atoms with E-state index in [1.165, 1.54) is 18.1 Å². The molecule has 9 rings (SSSR count). The number of carbonyl (C=O) groups is 4. The Morgan fingerprint density at radius 3 is 2.16 bits per heavy atom. The van der Waals surface area contributed by atoms with Crippen LogP contribution in [0, 0.1) is 23.7 Å². The molecule has 2 saturated heterocycles. The Morgan fingerprint density at radius 2 is 1.48 bits per heavy atom. The number of phenolic OH excluding ortho intramolecular Hbond substituents is 1. The van der Waals surface area contributed by atoms with Crippen LogP contribution in [-0.2, 0) is 29.3 Å². The number of aromatic hydroxyl groups is 1. The van der Waals surface area contributed by atoms with Crippen LogP contribution in [-0.4, -0.2) is 61.9 Å². The molecule has 0 radical (unpaired) electrons. The summed E-state index contributed by atoms with van der Waals surface area (Å²) in [4.78, 5) is 63.4. The smallest absolute Gasteiger partial charge is 0.238 e. The minimum Gasteiger partial charge on any atom is -0.503 e. The minimum absolute atomic E-state index is 0.123. The van der Waals surface area contributed by atoms with Gasteiger partial charge in [0.1, 0.15) is 0 Å². The standard InChI is InChI=1S/C45H38Br2N2O7/c1-55-35-23-33(39(46)40(47)42(35)52)38-29-16-17-30-37(44(54)49(43(30)53)28-14-12-27(13-15-28)48-18-20-56-21-19-48)32(29)22-34-41(51)31(25-8-4-2-5-9-25)24-36(50)45(34,38)26-10-6-3-7-11-26/h2-16,23-24,30,32,34,37-38,52H,17-22H2,1H3/t30-,32+,34-,37-,38+,45-/m0/s1. The molecule has 3 aliphatic carbocycles. The van der Waals surface area contributed by atoms with Crippen LogP contribution in [0.2, 0.25) is 0 Å². The maximum atomic E-state index is 15.4. The van der Waals surface area contributed by atoms with Crippen molar-refractivity contribution in [1.29, 1.82) is 0 Å². The van der Waals surface area contributed by atoms with Crippen molar-refractivity contribution in [3.05, 3.63) is 134 Å². The van der Waals surface area contributed by atoms with E-state index in [2.05, 4.69) is 36.8 Å². The highest BCUT2D eigenvalue weighted by Crippen LogP contribution is 2.65. The number of imide groups is 1. The molecule has 5 aliphatic rings. The first-order valence-corrected chi connectivity index (χ1v) is 20.4. The summed E-state index contributed by atoms with van der Waals surface area (Å²) >= 11 is 7.31. The first-order valence-electron chi connectivity index (χ1n) is 18.8. The Bertz CT molecular complexity index is 2340. The van der Waals surface area contributed by atoms with Gasteiger partial charge in [-0.2, -0.15) is 0 Å². The molecule has 56 heavy (non-hydrogen) atoms. The molecule has 1 N–H and O–H groups in total. The maximum Gasteiger partial charge on any atom is 0.238 e. The minimum atomic E-state index is -1.43. The van der Waals surface area contributed by atoms with Crippen LogP contribution in [0.15, 0.2) is 118 Å². The van der Waals surface area contributed by atoms with Gasteiger partial charge in [0.15, 0.2) is 23.1 Å². The van der Waals surface area contributed by atoms with Crippen LogP contribution < -0.4 is 14.5 Å². The topological polar surface area (TPSA) is 113 Å². The number of allylic oxidation sites excluding steroid dienone is 4. The monoisotopic (exact) mass is 876 g/mol. The molecule has 0 bridgehead atoms. The second-order valence-electron chi connectivity index (χ2n) is 15.1. The van der Waals surface area contributed by atoms with Gasteiger partial charge in [-0.25, -0.2) is 0 Å². The summed E-state index contributed by atoms with van der Waals surface area (Å²) in [5.41, 5.74) is 3.13. The third kappa shape index (κ3) is 5.49. The van der Waals surface area contributed by atoms with Crippen LogP contribution in [0.1, 0.15) is 35.4 Å². The van der Waals surface area contributed by atoms with Crippen molar-refractivity contribution in [2.45, 2.75) is 24.2 Å². The van der Waals surface area contributed by atoms with Crippen LogP contribution in [0.5, 0.6) is 11.5 Å². The fourth-order valence-electron chi connectivity index (χ4n) is 10.1. The van der Waals surface area contributed by atoms with E-state index in [9.17, 15) is 14.7 Å². The number of halogens is 2. The fraction of sp³-hybridized carbons (Fsp3) is 0.289. The first-order chi connectivity index (χ1) is 27.2. The lowest BCUT2D eigenvalue weighted by Crippen LogP contribution is -2.59. The summed E-state index contributed by atoms with van der Waals surface area (Å²) < 4.78 is 12.0. The second-order valence-corrected chi connectivity index (χ2v) is 16.6. The predicted molar refractivity (Wildman–Crippen MR) is 219 cm³/mol. The van der Waals surface area contributed by atoms with Crippen molar-refractivity contribution in [3.8, 4) is 11.5 Å². The zero-order valence-corrected chi connectivity index (χ0v) is 33.7. The number of fused-ring (bicyclic) bond motifs is 4. The highest BCUT2D eigenvalue weighted by Gasteiger charge is 2.66. The largest absolute Gasteiger partial charge is 0.503 e. The zero-order chi connectivity index (χ0) is 38.9. The van der Waals surface area contributed by atoms with Crippen LogP contribution in [0.3, 0.4) is 0 Å². The highest BCUT2D eigenvalue weighted by atomic mass is 79.9. The van der Waals surface area contributed by atoms with E-state index < -0.39 is 35.0 Å². The Labute approximate surface area is 341 Å². The van der Waals surface area contributed by atoms with Gasteiger partial charge in [0.05, 0.1) is 47.7 Å². The Morgan fingerprint density at radius 1 is 0.821 bits per heavy atom. The number of rotatable bonds is 6. The van der Waals surface area contributed by atoms with E-state index in [1.807, 2.05) is 91.0 Å². The molecule has 4 aromatic rings. The summed E-state index contributed by atoms with van der Waals surface area (Å²) in [5.74, 6) is -4.58. The highest BCUT2D eigenvalue weighted by molar-refractivity contribution is 9.13. The Hall–Kier alpha value is -4.84. The molecular formula is C45H38Br2N2O7. The molecule has 4 aromatic carbocycles.